The summed E-state index contributed by atoms with van der Waals surface area (Å²) < 4.78 is 0. The molecular formula is C11H16N2O3S. The maximum atomic E-state index is 11.7. The smallest absolute Gasteiger partial charge is 0.309 e. The molecule has 17 heavy (non-hydrogen) atoms. The van der Waals surface area contributed by atoms with Crippen LogP contribution in [0.5, 0.6) is 0 Å². The molecule has 1 atom stereocenters. The summed E-state index contributed by atoms with van der Waals surface area (Å²) in [7, 11) is 0. The Balaban J connectivity index is 2.53. The molecule has 5 nitrogen and oxygen atoms in total. The molecule has 0 aliphatic rings. The second kappa shape index (κ2) is 5.27. The van der Waals surface area contributed by atoms with Crippen molar-refractivity contribution in [2.24, 2.45) is 5.41 Å². The van der Waals surface area contributed by atoms with Crippen molar-refractivity contribution in [1.29, 1.82) is 0 Å². The summed E-state index contributed by atoms with van der Waals surface area (Å²) in [6, 6.07) is -0.188. The monoisotopic (exact) mass is 256 g/mol. The molecule has 1 heterocycles. The summed E-state index contributed by atoms with van der Waals surface area (Å²) in [6.07, 6.45) is 1.63. The van der Waals surface area contributed by atoms with E-state index in [1.807, 2.05) is 12.3 Å². The normalized spacial score (nSPS) is 13.1. The van der Waals surface area contributed by atoms with Crippen LogP contribution in [0.4, 0.5) is 0 Å². The van der Waals surface area contributed by atoms with E-state index in [4.69, 9.17) is 5.11 Å². The molecule has 1 aromatic rings. The molecule has 0 aromatic carbocycles. The van der Waals surface area contributed by atoms with E-state index in [0.717, 1.165) is 5.01 Å². The van der Waals surface area contributed by atoms with Crippen LogP contribution in [0.25, 0.3) is 0 Å². The van der Waals surface area contributed by atoms with Gasteiger partial charge in [-0.1, -0.05) is 0 Å². The molecule has 0 fully saturated rings. The lowest BCUT2D eigenvalue weighted by Gasteiger charge is -2.19. The van der Waals surface area contributed by atoms with E-state index in [9.17, 15) is 9.59 Å². The molecule has 2 N–H and O–H groups in total. The molecule has 0 radical (unpaired) electrons. The Kier molecular flexibility index (Phi) is 4.22. The van der Waals surface area contributed by atoms with Gasteiger partial charge in [0.2, 0.25) is 5.91 Å². The SMILES string of the molecule is CC(NC(=O)CC(C)(C)C(=O)O)c1nccs1. The summed E-state index contributed by atoms with van der Waals surface area (Å²) in [5, 5.41) is 14.3. The van der Waals surface area contributed by atoms with E-state index in [-0.39, 0.29) is 18.4 Å². The van der Waals surface area contributed by atoms with Crippen molar-refractivity contribution in [3.63, 3.8) is 0 Å². The lowest BCUT2D eigenvalue weighted by molar-refractivity contribution is -0.149. The Bertz CT molecular complexity index is 401. The minimum atomic E-state index is -1.05. The van der Waals surface area contributed by atoms with Gasteiger partial charge in [0, 0.05) is 18.0 Å². The van der Waals surface area contributed by atoms with Gasteiger partial charge in [-0.2, -0.15) is 0 Å². The van der Waals surface area contributed by atoms with E-state index in [1.54, 1.807) is 6.20 Å². The average molecular weight is 256 g/mol. The number of carbonyl (C=O) groups is 2. The third kappa shape index (κ3) is 3.81. The van der Waals surface area contributed by atoms with Crippen molar-refractivity contribution >= 4 is 23.2 Å². The highest BCUT2D eigenvalue weighted by Crippen LogP contribution is 2.21. The number of rotatable bonds is 5. The van der Waals surface area contributed by atoms with E-state index in [2.05, 4.69) is 10.3 Å². The zero-order valence-electron chi connectivity index (χ0n) is 10.1. The first-order valence-electron chi connectivity index (χ1n) is 5.25. The van der Waals surface area contributed by atoms with Crippen LogP contribution in [0, 0.1) is 5.41 Å². The van der Waals surface area contributed by atoms with Crippen molar-refractivity contribution in [3.05, 3.63) is 16.6 Å². The number of aliphatic carboxylic acids is 1. The minimum Gasteiger partial charge on any atom is -0.481 e. The maximum absolute atomic E-state index is 11.7. The summed E-state index contributed by atoms with van der Waals surface area (Å²) in [5.41, 5.74) is -1.05. The largest absolute Gasteiger partial charge is 0.481 e. The topological polar surface area (TPSA) is 79.3 Å². The van der Waals surface area contributed by atoms with Gasteiger partial charge in [-0.05, 0) is 20.8 Å². The van der Waals surface area contributed by atoms with Crippen LogP contribution < -0.4 is 5.32 Å². The minimum absolute atomic E-state index is 0.0436. The third-order valence-electron chi connectivity index (χ3n) is 2.38. The van der Waals surface area contributed by atoms with Gasteiger partial charge in [0.25, 0.3) is 0 Å². The molecule has 0 spiro atoms. The number of thiazole rings is 1. The molecule has 1 unspecified atom stereocenters. The molecule has 1 rings (SSSR count). The average Bonchev–Trinajstić information content (AvgIpc) is 2.68. The Morgan fingerprint density at radius 2 is 2.24 bits per heavy atom. The second-order valence-electron chi connectivity index (χ2n) is 4.53. The highest BCUT2D eigenvalue weighted by Gasteiger charge is 2.30. The number of nitrogens with one attached hydrogen (secondary N) is 1. The van der Waals surface area contributed by atoms with E-state index < -0.39 is 11.4 Å². The zero-order valence-corrected chi connectivity index (χ0v) is 10.9. The van der Waals surface area contributed by atoms with Gasteiger partial charge >= 0.3 is 5.97 Å². The lowest BCUT2D eigenvalue weighted by Crippen LogP contribution is -2.34. The van der Waals surface area contributed by atoms with E-state index in [0.29, 0.717) is 0 Å². The first-order valence-corrected chi connectivity index (χ1v) is 6.13. The predicted octanol–water partition coefficient (Wildman–Crippen LogP) is 1.82. The Hall–Kier alpha value is -1.43. The van der Waals surface area contributed by atoms with Gasteiger partial charge < -0.3 is 10.4 Å². The molecule has 1 aromatic heterocycles. The first-order chi connectivity index (χ1) is 7.83. The molecule has 0 saturated carbocycles. The summed E-state index contributed by atoms with van der Waals surface area (Å²) >= 11 is 1.46. The van der Waals surface area contributed by atoms with Gasteiger partial charge in [0.15, 0.2) is 0 Å². The Morgan fingerprint density at radius 1 is 1.59 bits per heavy atom. The predicted molar refractivity (Wildman–Crippen MR) is 64.7 cm³/mol. The van der Waals surface area contributed by atoms with Gasteiger partial charge in [0.05, 0.1) is 11.5 Å². The van der Waals surface area contributed by atoms with Gasteiger partial charge in [-0.25, -0.2) is 4.98 Å². The van der Waals surface area contributed by atoms with E-state index in [1.165, 1.54) is 25.2 Å². The standard InChI is InChI=1S/C11H16N2O3S/c1-7(9-12-4-5-17-9)13-8(14)6-11(2,3)10(15)16/h4-5,7H,6H2,1-3H3,(H,13,14)(H,15,16). The second-order valence-corrected chi connectivity index (χ2v) is 5.45. The number of hydrogen-bond donors (Lipinski definition) is 2. The van der Waals surface area contributed by atoms with Crippen molar-refractivity contribution in [3.8, 4) is 0 Å². The van der Waals surface area contributed by atoms with Gasteiger partial charge in [-0.3, -0.25) is 9.59 Å². The summed E-state index contributed by atoms with van der Waals surface area (Å²) in [4.78, 5) is 26.6. The fourth-order valence-corrected chi connectivity index (χ4v) is 1.93. The Morgan fingerprint density at radius 3 is 2.71 bits per heavy atom. The number of hydrogen-bond acceptors (Lipinski definition) is 4. The lowest BCUT2D eigenvalue weighted by atomic mass is 9.89. The van der Waals surface area contributed by atoms with Crippen LogP contribution in [-0.2, 0) is 9.59 Å². The van der Waals surface area contributed by atoms with Crippen molar-refractivity contribution in [2.75, 3.05) is 0 Å². The van der Waals surface area contributed by atoms with Gasteiger partial charge in [0.1, 0.15) is 5.01 Å². The highest BCUT2D eigenvalue weighted by molar-refractivity contribution is 7.09. The number of carbonyl (C=O) groups excluding carboxylic acids is 1. The van der Waals surface area contributed by atoms with Crippen LogP contribution in [0.3, 0.4) is 0 Å². The molecule has 0 saturated heterocycles. The zero-order chi connectivity index (χ0) is 13.1. The molecule has 6 heteroatoms. The van der Waals surface area contributed by atoms with Crippen LogP contribution >= 0.6 is 11.3 Å². The quantitative estimate of drug-likeness (QED) is 0.842. The number of aromatic nitrogens is 1. The molecule has 0 aliphatic carbocycles. The molecule has 94 valence electrons. The van der Waals surface area contributed by atoms with Crippen LogP contribution in [0.15, 0.2) is 11.6 Å². The van der Waals surface area contributed by atoms with Crippen molar-refractivity contribution in [2.45, 2.75) is 33.2 Å². The van der Waals surface area contributed by atoms with Gasteiger partial charge in [-0.15, -0.1) is 11.3 Å². The fourth-order valence-electron chi connectivity index (χ4n) is 1.28. The number of carboxylic acid groups (broad SMARTS) is 1. The molecule has 0 bridgehead atoms. The Labute approximate surface area is 104 Å². The van der Waals surface area contributed by atoms with Crippen LogP contribution in [-0.4, -0.2) is 22.0 Å². The maximum Gasteiger partial charge on any atom is 0.309 e. The van der Waals surface area contributed by atoms with Crippen LogP contribution in [0.2, 0.25) is 0 Å². The fraction of sp³-hybridized carbons (Fsp3) is 0.545. The molecular weight excluding hydrogens is 240 g/mol. The van der Waals surface area contributed by atoms with E-state index >= 15 is 0 Å². The number of nitrogens with zero attached hydrogens (tertiary/aromatic N) is 1. The first kappa shape index (κ1) is 13.6. The summed E-state index contributed by atoms with van der Waals surface area (Å²) in [5.74, 6) is -1.25. The highest BCUT2D eigenvalue weighted by atomic mass is 32.1. The number of carboxylic acids is 1. The van der Waals surface area contributed by atoms with Crippen molar-refractivity contribution in [1.82, 2.24) is 10.3 Å². The molecule has 0 aliphatic heterocycles. The molecule has 1 amide bonds. The summed E-state index contributed by atoms with van der Waals surface area (Å²) in [6.45, 7) is 4.89. The van der Waals surface area contributed by atoms with Crippen LogP contribution in [0.1, 0.15) is 38.2 Å². The number of amides is 1. The van der Waals surface area contributed by atoms with Crippen molar-refractivity contribution < 1.29 is 14.7 Å². The third-order valence-corrected chi connectivity index (χ3v) is 3.34.